The van der Waals surface area contributed by atoms with E-state index in [0.29, 0.717) is 6.42 Å². The van der Waals surface area contributed by atoms with E-state index in [1.165, 1.54) is 18.2 Å². The van der Waals surface area contributed by atoms with Gasteiger partial charge in [-0.25, -0.2) is 17.5 Å². The van der Waals surface area contributed by atoms with Gasteiger partial charge < -0.3 is 0 Å². The molecule has 3 nitrogen and oxygen atoms in total. The van der Waals surface area contributed by atoms with Crippen molar-refractivity contribution >= 4 is 21.6 Å². The minimum Gasteiger partial charge on any atom is -0.207 e. The van der Waals surface area contributed by atoms with Gasteiger partial charge in [-0.05, 0) is 25.0 Å². The van der Waals surface area contributed by atoms with E-state index in [4.69, 9.17) is 11.6 Å². The molecule has 0 spiro atoms. The first-order valence-corrected chi connectivity index (χ1v) is 8.33. The molecule has 0 heterocycles. The first kappa shape index (κ1) is 14.8. The van der Waals surface area contributed by atoms with Crippen LogP contribution in [0.3, 0.4) is 0 Å². The van der Waals surface area contributed by atoms with E-state index in [2.05, 4.69) is 4.72 Å². The molecule has 1 N–H and O–H groups in total. The predicted molar refractivity (Wildman–Crippen MR) is 73.2 cm³/mol. The lowest BCUT2D eigenvalue weighted by Crippen LogP contribution is -2.40. The molecule has 1 aromatic rings. The van der Waals surface area contributed by atoms with E-state index in [9.17, 15) is 12.8 Å². The molecule has 2 rings (SSSR count). The number of halogens is 2. The zero-order valence-electron chi connectivity index (χ0n) is 10.5. The summed E-state index contributed by atoms with van der Waals surface area (Å²) in [6.07, 6.45) is 4.48. The van der Waals surface area contributed by atoms with E-state index >= 15 is 0 Å². The van der Waals surface area contributed by atoms with Crippen LogP contribution in [-0.2, 0) is 10.0 Å². The van der Waals surface area contributed by atoms with Crippen molar-refractivity contribution in [2.24, 2.45) is 0 Å². The number of alkyl halides is 1. The highest BCUT2D eigenvalue weighted by molar-refractivity contribution is 7.89. The Morgan fingerprint density at radius 1 is 1.16 bits per heavy atom. The Bertz CT molecular complexity index is 535. The number of hydrogen-bond acceptors (Lipinski definition) is 2. The van der Waals surface area contributed by atoms with Crippen molar-refractivity contribution < 1.29 is 12.8 Å². The molecule has 0 amide bonds. The number of nitrogens with one attached hydrogen (secondary N) is 1. The molecule has 1 aliphatic carbocycles. The van der Waals surface area contributed by atoms with Crippen LogP contribution in [0.25, 0.3) is 0 Å². The molecule has 2 atom stereocenters. The Kier molecular flexibility index (Phi) is 4.81. The van der Waals surface area contributed by atoms with E-state index in [0.717, 1.165) is 31.7 Å². The second-order valence-electron chi connectivity index (χ2n) is 4.81. The average molecular weight is 306 g/mol. The number of benzene rings is 1. The van der Waals surface area contributed by atoms with E-state index in [-0.39, 0.29) is 16.3 Å². The van der Waals surface area contributed by atoms with Gasteiger partial charge in [0.25, 0.3) is 0 Å². The second-order valence-corrected chi connectivity index (χ2v) is 7.06. The highest BCUT2D eigenvalue weighted by Crippen LogP contribution is 2.24. The zero-order chi connectivity index (χ0) is 13.9. The van der Waals surface area contributed by atoms with Gasteiger partial charge in [-0.15, -0.1) is 11.6 Å². The van der Waals surface area contributed by atoms with Crippen LogP contribution in [0.5, 0.6) is 0 Å². The molecule has 0 radical (unpaired) electrons. The van der Waals surface area contributed by atoms with E-state index < -0.39 is 15.8 Å². The number of hydrogen-bond donors (Lipinski definition) is 1. The van der Waals surface area contributed by atoms with Crippen LogP contribution in [0, 0.1) is 5.82 Å². The van der Waals surface area contributed by atoms with Crippen molar-refractivity contribution in [1.82, 2.24) is 4.72 Å². The van der Waals surface area contributed by atoms with Gasteiger partial charge >= 0.3 is 0 Å². The Morgan fingerprint density at radius 3 is 2.58 bits per heavy atom. The van der Waals surface area contributed by atoms with Crippen LogP contribution >= 0.6 is 11.6 Å². The molecule has 1 aromatic carbocycles. The van der Waals surface area contributed by atoms with Crippen LogP contribution in [0.15, 0.2) is 29.2 Å². The third-order valence-corrected chi connectivity index (χ3v) is 5.41. The van der Waals surface area contributed by atoms with Crippen LogP contribution in [0.2, 0.25) is 0 Å². The molecule has 1 saturated carbocycles. The summed E-state index contributed by atoms with van der Waals surface area (Å²) in [5, 5.41) is -0.232. The molecule has 2 unspecified atom stereocenters. The maximum Gasteiger partial charge on any atom is 0.243 e. The van der Waals surface area contributed by atoms with Crippen molar-refractivity contribution in [2.45, 2.75) is 48.4 Å². The Hall–Kier alpha value is -0.650. The van der Waals surface area contributed by atoms with Crippen LogP contribution in [0.1, 0.15) is 32.1 Å². The average Bonchev–Trinajstić information content (AvgIpc) is 2.55. The zero-order valence-corrected chi connectivity index (χ0v) is 12.1. The number of rotatable bonds is 3. The van der Waals surface area contributed by atoms with Crippen LogP contribution < -0.4 is 4.72 Å². The minimum atomic E-state index is -3.85. The minimum absolute atomic E-state index is 0.232. The largest absolute Gasteiger partial charge is 0.243 e. The topological polar surface area (TPSA) is 46.2 Å². The molecule has 0 aliphatic heterocycles. The standard InChI is InChI=1S/C13H17ClFNO2S/c14-10-6-2-1-3-8-12(10)16-19(17,18)13-9-5-4-7-11(13)15/h4-5,7,9-10,12,16H,1-3,6,8H2. The van der Waals surface area contributed by atoms with Crippen molar-refractivity contribution in [3.63, 3.8) is 0 Å². The molecule has 1 fully saturated rings. The summed E-state index contributed by atoms with van der Waals surface area (Å²) >= 11 is 6.20. The molecular weight excluding hydrogens is 289 g/mol. The highest BCUT2D eigenvalue weighted by atomic mass is 35.5. The van der Waals surface area contributed by atoms with Gasteiger partial charge in [-0.3, -0.25) is 0 Å². The Labute approximate surface area is 118 Å². The van der Waals surface area contributed by atoms with E-state index in [1.54, 1.807) is 0 Å². The lowest BCUT2D eigenvalue weighted by molar-refractivity contribution is 0.507. The summed E-state index contributed by atoms with van der Waals surface area (Å²) in [7, 11) is -3.85. The summed E-state index contributed by atoms with van der Waals surface area (Å²) in [6.45, 7) is 0. The molecule has 106 valence electrons. The van der Waals surface area contributed by atoms with Gasteiger partial charge in [0.15, 0.2) is 0 Å². The smallest absolute Gasteiger partial charge is 0.207 e. The fourth-order valence-corrected chi connectivity index (χ4v) is 4.13. The van der Waals surface area contributed by atoms with E-state index in [1.807, 2.05) is 0 Å². The first-order valence-electron chi connectivity index (χ1n) is 6.41. The lowest BCUT2D eigenvalue weighted by atomic mass is 10.1. The highest BCUT2D eigenvalue weighted by Gasteiger charge is 2.28. The molecule has 0 aromatic heterocycles. The van der Waals surface area contributed by atoms with Crippen LogP contribution in [-0.4, -0.2) is 19.8 Å². The van der Waals surface area contributed by atoms with Crippen LogP contribution in [0.4, 0.5) is 4.39 Å². The van der Waals surface area contributed by atoms with Gasteiger partial charge in [-0.1, -0.05) is 31.4 Å². The Morgan fingerprint density at radius 2 is 1.84 bits per heavy atom. The van der Waals surface area contributed by atoms with Crippen molar-refractivity contribution in [1.29, 1.82) is 0 Å². The monoisotopic (exact) mass is 305 g/mol. The van der Waals surface area contributed by atoms with Crippen molar-refractivity contribution in [2.75, 3.05) is 0 Å². The number of sulfonamides is 1. The second kappa shape index (κ2) is 6.20. The SMILES string of the molecule is O=S(=O)(NC1CCCCCC1Cl)c1ccccc1F. The molecular formula is C13H17ClFNO2S. The van der Waals surface area contributed by atoms with Gasteiger partial charge in [0.1, 0.15) is 10.7 Å². The fourth-order valence-electron chi connectivity index (χ4n) is 2.32. The summed E-state index contributed by atoms with van der Waals surface area (Å²) in [4.78, 5) is -0.317. The third-order valence-electron chi connectivity index (χ3n) is 3.36. The van der Waals surface area contributed by atoms with Gasteiger partial charge in [-0.2, -0.15) is 0 Å². The maximum absolute atomic E-state index is 13.6. The quantitative estimate of drug-likeness (QED) is 0.689. The summed E-state index contributed by atoms with van der Waals surface area (Å²) in [6, 6.07) is 5.04. The first-order chi connectivity index (χ1) is 9.00. The predicted octanol–water partition coefficient (Wildman–Crippen LogP) is 3.04. The maximum atomic E-state index is 13.6. The summed E-state index contributed by atoms with van der Waals surface area (Å²) < 4.78 is 40.4. The van der Waals surface area contributed by atoms with Crippen molar-refractivity contribution in [3.05, 3.63) is 30.1 Å². The summed E-state index contributed by atoms with van der Waals surface area (Å²) in [5.41, 5.74) is 0. The van der Waals surface area contributed by atoms with Crippen molar-refractivity contribution in [3.8, 4) is 0 Å². The molecule has 19 heavy (non-hydrogen) atoms. The molecule has 1 aliphatic rings. The lowest BCUT2D eigenvalue weighted by Gasteiger charge is -2.21. The normalized spacial score (nSPS) is 24.9. The molecule has 0 bridgehead atoms. The van der Waals surface area contributed by atoms with Gasteiger partial charge in [0.05, 0.1) is 0 Å². The van der Waals surface area contributed by atoms with Gasteiger partial charge in [0.2, 0.25) is 10.0 Å². The molecule has 0 saturated heterocycles. The third kappa shape index (κ3) is 3.68. The fraction of sp³-hybridized carbons (Fsp3) is 0.538. The molecule has 6 heteroatoms. The Balaban J connectivity index is 2.19. The van der Waals surface area contributed by atoms with Gasteiger partial charge in [0, 0.05) is 11.4 Å². The summed E-state index contributed by atoms with van der Waals surface area (Å²) in [5.74, 6) is -0.741.